The Balaban J connectivity index is 2.67. The lowest BCUT2D eigenvalue weighted by molar-refractivity contribution is 0.317. The molecule has 0 N–H and O–H groups in total. The van der Waals surface area contributed by atoms with E-state index in [1.54, 1.807) is 0 Å². The van der Waals surface area contributed by atoms with Crippen LogP contribution >= 0.6 is 0 Å². The summed E-state index contributed by atoms with van der Waals surface area (Å²) in [4.78, 5) is 0. The molecular weight excluding hydrogens is 184 g/mol. The molecule has 0 unspecified atom stereocenters. The molecule has 0 saturated carbocycles. The largest absolute Gasteiger partial charge is 0.494 e. The van der Waals surface area contributed by atoms with E-state index < -0.39 is 0 Å². The first-order valence-corrected chi connectivity index (χ1v) is 5.68. The molecule has 0 atom stereocenters. The number of rotatable bonds is 5. The van der Waals surface area contributed by atoms with Crippen LogP contribution in [0.5, 0.6) is 5.75 Å². The second-order valence-electron chi connectivity index (χ2n) is 3.67. The van der Waals surface area contributed by atoms with E-state index in [0.29, 0.717) is 0 Å². The molecule has 0 bridgehead atoms. The van der Waals surface area contributed by atoms with Crippen molar-refractivity contribution in [2.24, 2.45) is 0 Å². The highest BCUT2D eigenvalue weighted by molar-refractivity contribution is 5.64. The highest BCUT2D eigenvalue weighted by Crippen LogP contribution is 2.18. The molecule has 1 nitrogen and oxygen atoms in total. The molecule has 15 heavy (non-hydrogen) atoms. The second-order valence-corrected chi connectivity index (χ2v) is 3.67. The van der Waals surface area contributed by atoms with Gasteiger partial charge in [0.25, 0.3) is 0 Å². The average Bonchev–Trinajstić information content (AvgIpc) is 2.27. The summed E-state index contributed by atoms with van der Waals surface area (Å²) in [6, 6.07) is 8.31. The first-order valence-electron chi connectivity index (χ1n) is 5.68. The van der Waals surface area contributed by atoms with Crippen LogP contribution in [0.25, 0.3) is 5.57 Å². The van der Waals surface area contributed by atoms with Crippen molar-refractivity contribution < 1.29 is 4.74 Å². The van der Waals surface area contributed by atoms with E-state index in [1.807, 2.05) is 12.1 Å². The lowest BCUT2D eigenvalue weighted by atomic mass is 10.1. The van der Waals surface area contributed by atoms with E-state index >= 15 is 0 Å². The van der Waals surface area contributed by atoms with Crippen LogP contribution in [0.3, 0.4) is 0 Å². The Labute approximate surface area is 92.8 Å². The molecule has 0 fully saturated rings. The summed E-state index contributed by atoms with van der Waals surface area (Å²) in [5.41, 5.74) is 2.61. The molecule has 0 amide bonds. The smallest absolute Gasteiger partial charge is 0.119 e. The number of benzene rings is 1. The summed E-state index contributed by atoms with van der Waals surface area (Å²) >= 11 is 0. The SMILES string of the molecule is CCC=C(C)c1ccc(OCCC)cc1. The third-order valence-electron chi connectivity index (χ3n) is 2.29. The van der Waals surface area contributed by atoms with Crippen molar-refractivity contribution in [2.45, 2.75) is 33.6 Å². The predicted molar refractivity (Wildman–Crippen MR) is 66.2 cm³/mol. The molecule has 1 aromatic rings. The van der Waals surface area contributed by atoms with Crippen molar-refractivity contribution >= 4 is 5.57 Å². The van der Waals surface area contributed by atoms with Gasteiger partial charge < -0.3 is 4.74 Å². The third-order valence-corrected chi connectivity index (χ3v) is 2.29. The minimum absolute atomic E-state index is 0.795. The average molecular weight is 204 g/mol. The quantitative estimate of drug-likeness (QED) is 0.695. The zero-order chi connectivity index (χ0) is 11.1. The van der Waals surface area contributed by atoms with E-state index in [2.05, 4.69) is 39.0 Å². The van der Waals surface area contributed by atoms with Gasteiger partial charge in [0.1, 0.15) is 5.75 Å². The fraction of sp³-hybridized carbons (Fsp3) is 0.429. The molecular formula is C14H20O. The second kappa shape index (κ2) is 6.28. The van der Waals surface area contributed by atoms with Gasteiger partial charge in [0.05, 0.1) is 6.61 Å². The van der Waals surface area contributed by atoms with Crippen molar-refractivity contribution in [3.8, 4) is 5.75 Å². The van der Waals surface area contributed by atoms with Gasteiger partial charge >= 0.3 is 0 Å². The van der Waals surface area contributed by atoms with Crippen LogP contribution in [0.1, 0.15) is 39.2 Å². The van der Waals surface area contributed by atoms with Gasteiger partial charge in [-0.1, -0.05) is 32.1 Å². The van der Waals surface area contributed by atoms with Gasteiger partial charge in [-0.3, -0.25) is 0 Å². The molecule has 0 spiro atoms. The Morgan fingerprint density at radius 2 is 1.87 bits per heavy atom. The Kier molecular flexibility index (Phi) is 4.96. The fourth-order valence-electron chi connectivity index (χ4n) is 1.46. The molecule has 0 aliphatic carbocycles. The Morgan fingerprint density at radius 1 is 1.20 bits per heavy atom. The Hall–Kier alpha value is -1.24. The molecule has 0 aliphatic heterocycles. The van der Waals surface area contributed by atoms with Gasteiger partial charge in [-0.15, -0.1) is 0 Å². The van der Waals surface area contributed by atoms with Crippen molar-refractivity contribution in [3.05, 3.63) is 35.9 Å². The topological polar surface area (TPSA) is 9.23 Å². The van der Waals surface area contributed by atoms with Gasteiger partial charge in [-0.05, 0) is 43.0 Å². The summed E-state index contributed by atoms with van der Waals surface area (Å²) in [6.07, 6.45) is 4.37. The molecule has 1 heteroatoms. The minimum atomic E-state index is 0.795. The van der Waals surface area contributed by atoms with E-state index in [0.717, 1.165) is 25.2 Å². The maximum atomic E-state index is 5.53. The highest BCUT2D eigenvalue weighted by atomic mass is 16.5. The van der Waals surface area contributed by atoms with Crippen LogP contribution in [0.2, 0.25) is 0 Å². The summed E-state index contributed by atoms with van der Waals surface area (Å²) < 4.78 is 5.53. The number of hydrogen-bond acceptors (Lipinski definition) is 1. The van der Waals surface area contributed by atoms with E-state index in [9.17, 15) is 0 Å². The van der Waals surface area contributed by atoms with Crippen molar-refractivity contribution in [1.82, 2.24) is 0 Å². The first kappa shape index (κ1) is 11.8. The first-order chi connectivity index (χ1) is 7.27. The zero-order valence-electron chi connectivity index (χ0n) is 9.92. The van der Waals surface area contributed by atoms with Gasteiger partial charge in [-0.2, -0.15) is 0 Å². The molecule has 0 aromatic heterocycles. The van der Waals surface area contributed by atoms with Crippen LogP contribution < -0.4 is 4.74 Å². The van der Waals surface area contributed by atoms with E-state index in [-0.39, 0.29) is 0 Å². The molecule has 0 saturated heterocycles. The van der Waals surface area contributed by atoms with Crippen LogP contribution in [0.15, 0.2) is 30.3 Å². The molecule has 0 aliphatic rings. The monoisotopic (exact) mass is 204 g/mol. The molecule has 0 radical (unpaired) electrons. The summed E-state index contributed by atoms with van der Waals surface area (Å²) in [5.74, 6) is 0.963. The standard InChI is InChI=1S/C14H20O/c1-4-6-12(3)13-7-9-14(10-8-13)15-11-5-2/h6-10H,4-5,11H2,1-3H3. The maximum absolute atomic E-state index is 5.53. The van der Waals surface area contributed by atoms with Crippen molar-refractivity contribution in [1.29, 1.82) is 0 Å². The van der Waals surface area contributed by atoms with Crippen LogP contribution in [-0.2, 0) is 0 Å². The van der Waals surface area contributed by atoms with E-state index in [1.165, 1.54) is 11.1 Å². The van der Waals surface area contributed by atoms with Crippen molar-refractivity contribution in [3.63, 3.8) is 0 Å². The number of hydrogen-bond donors (Lipinski definition) is 0. The van der Waals surface area contributed by atoms with Crippen LogP contribution in [-0.4, -0.2) is 6.61 Å². The Morgan fingerprint density at radius 3 is 2.40 bits per heavy atom. The summed E-state index contributed by atoms with van der Waals surface area (Å²) in [7, 11) is 0. The number of allylic oxidation sites excluding steroid dienone is 2. The van der Waals surface area contributed by atoms with Crippen LogP contribution in [0.4, 0.5) is 0 Å². The van der Waals surface area contributed by atoms with Gasteiger partial charge in [0, 0.05) is 0 Å². The van der Waals surface area contributed by atoms with Crippen LogP contribution in [0, 0.1) is 0 Å². The summed E-state index contributed by atoms with van der Waals surface area (Å²) in [5, 5.41) is 0. The zero-order valence-corrected chi connectivity index (χ0v) is 9.92. The molecule has 1 aromatic carbocycles. The number of ether oxygens (including phenoxy) is 1. The van der Waals surface area contributed by atoms with Gasteiger partial charge in [0.15, 0.2) is 0 Å². The highest BCUT2D eigenvalue weighted by Gasteiger charge is 1.96. The predicted octanol–water partition coefficient (Wildman–Crippen LogP) is 4.29. The lowest BCUT2D eigenvalue weighted by Crippen LogP contribution is -1.94. The van der Waals surface area contributed by atoms with Crippen molar-refractivity contribution in [2.75, 3.05) is 6.61 Å². The Bertz CT molecular complexity index is 309. The lowest BCUT2D eigenvalue weighted by Gasteiger charge is -2.06. The molecule has 0 heterocycles. The minimum Gasteiger partial charge on any atom is -0.494 e. The molecule has 1 rings (SSSR count). The van der Waals surface area contributed by atoms with E-state index in [4.69, 9.17) is 4.74 Å². The maximum Gasteiger partial charge on any atom is 0.119 e. The normalized spacial score (nSPS) is 11.5. The third kappa shape index (κ3) is 3.78. The summed E-state index contributed by atoms with van der Waals surface area (Å²) in [6.45, 7) is 7.21. The van der Waals surface area contributed by atoms with Gasteiger partial charge in [-0.25, -0.2) is 0 Å². The van der Waals surface area contributed by atoms with Gasteiger partial charge in [0.2, 0.25) is 0 Å². The fourth-order valence-corrected chi connectivity index (χ4v) is 1.46. The molecule has 82 valence electrons.